The minimum Gasteiger partial charge on any atom is -0.453 e. The molecule has 0 aromatic heterocycles. The molecule has 34 heavy (non-hydrogen) atoms. The maximum absolute atomic E-state index is 14.2. The maximum Gasteiger partial charge on any atom is 0.407 e. The van der Waals surface area contributed by atoms with Crippen molar-refractivity contribution >= 4 is 23.6 Å². The highest BCUT2D eigenvalue weighted by molar-refractivity contribution is 6.03. The van der Waals surface area contributed by atoms with Gasteiger partial charge in [-0.05, 0) is 43.0 Å². The average Bonchev–Trinajstić information content (AvgIpc) is 2.83. The van der Waals surface area contributed by atoms with Crippen LogP contribution in [0, 0.1) is 18.6 Å². The summed E-state index contributed by atoms with van der Waals surface area (Å²) in [6.45, 7) is 1.29. The van der Waals surface area contributed by atoms with Gasteiger partial charge in [-0.25, -0.2) is 13.6 Å². The number of halogens is 2. The molecule has 1 fully saturated rings. The molecule has 1 aliphatic carbocycles. The number of benzene rings is 2. The molecule has 1 aliphatic rings. The SMILES string of the molecule is COC(=O)NCC(=O)N(c1ccc(F)c(F)c1)C(C(=O)NC1CCCCC1)c1ccccc1C. The number of carbonyl (C=O) groups is 3. The van der Waals surface area contributed by atoms with Crippen LogP contribution in [0.3, 0.4) is 0 Å². The molecule has 1 saturated carbocycles. The molecule has 0 bridgehead atoms. The van der Waals surface area contributed by atoms with E-state index in [4.69, 9.17) is 0 Å². The van der Waals surface area contributed by atoms with Crippen LogP contribution in [0.5, 0.6) is 0 Å². The molecule has 1 atom stereocenters. The van der Waals surface area contributed by atoms with Crippen molar-refractivity contribution in [2.45, 2.75) is 51.1 Å². The van der Waals surface area contributed by atoms with Crippen LogP contribution >= 0.6 is 0 Å². The molecule has 1 unspecified atom stereocenters. The van der Waals surface area contributed by atoms with Crippen molar-refractivity contribution in [1.29, 1.82) is 0 Å². The highest BCUT2D eigenvalue weighted by atomic mass is 19.2. The summed E-state index contributed by atoms with van der Waals surface area (Å²) in [5, 5.41) is 5.34. The fourth-order valence-corrected chi connectivity index (χ4v) is 4.20. The van der Waals surface area contributed by atoms with Gasteiger partial charge < -0.3 is 15.4 Å². The zero-order chi connectivity index (χ0) is 24.7. The Kier molecular flexibility index (Phi) is 8.56. The molecule has 9 heteroatoms. The lowest BCUT2D eigenvalue weighted by atomic mass is 9.93. The van der Waals surface area contributed by atoms with Gasteiger partial charge in [0.1, 0.15) is 12.6 Å². The second-order valence-corrected chi connectivity index (χ2v) is 8.31. The number of rotatable bonds is 7. The number of ether oxygens (including phenoxy) is 1. The Morgan fingerprint density at radius 2 is 1.76 bits per heavy atom. The van der Waals surface area contributed by atoms with E-state index in [0.29, 0.717) is 5.56 Å². The third-order valence-corrected chi connectivity index (χ3v) is 5.96. The number of nitrogens with zero attached hydrogens (tertiary/aromatic N) is 1. The first kappa shape index (κ1) is 25.1. The summed E-state index contributed by atoms with van der Waals surface area (Å²) in [7, 11) is 1.15. The third kappa shape index (κ3) is 6.09. The van der Waals surface area contributed by atoms with E-state index in [1.165, 1.54) is 6.07 Å². The molecule has 7 nitrogen and oxygen atoms in total. The highest BCUT2D eigenvalue weighted by Crippen LogP contribution is 2.31. The van der Waals surface area contributed by atoms with Crippen molar-refractivity contribution in [3.05, 3.63) is 65.2 Å². The number of aryl methyl sites for hydroxylation is 1. The fourth-order valence-electron chi connectivity index (χ4n) is 4.20. The van der Waals surface area contributed by atoms with Gasteiger partial charge in [-0.1, -0.05) is 43.5 Å². The van der Waals surface area contributed by atoms with Crippen molar-refractivity contribution < 1.29 is 27.9 Å². The first-order valence-electron chi connectivity index (χ1n) is 11.3. The Morgan fingerprint density at radius 3 is 2.41 bits per heavy atom. The van der Waals surface area contributed by atoms with Crippen LogP contribution in [0.4, 0.5) is 19.3 Å². The summed E-state index contributed by atoms with van der Waals surface area (Å²) in [5.74, 6) is -3.36. The van der Waals surface area contributed by atoms with Gasteiger partial charge in [-0.3, -0.25) is 14.5 Å². The predicted molar refractivity (Wildman–Crippen MR) is 123 cm³/mol. The molecule has 0 aliphatic heterocycles. The fraction of sp³-hybridized carbons (Fsp3) is 0.400. The monoisotopic (exact) mass is 473 g/mol. The largest absolute Gasteiger partial charge is 0.453 e. The zero-order valence-electron chi connectivity index (χ0n) is 19.3. The van der Waals surface area contributed by atoms with Gasteiger partial charge in [0.15, 0.2) is 11.6 Å². The quantitative estimate of drug-likeness (QED) is 0.632. The Labute approximate surface area is 197 Å². The number of hydrogen-bond acceptors (Lipinski definition) is 4. The Hall–Kier alpha value is -3.49. The number of nitrogens with one attached hydrogen (secondary N) is 2. The van der Waals surface area contributed by atoms with Crippen molar-refractivity contribution in [2.75, 3.05) is 18.6 Å². The molecule has 0 spiro atoms. The van der Waals surface area contributed by atoms with Gasteiger partial charge in [0.2, 0.25) is 11.8 Å². The molecule has 0 saturated heterocycles. The standard InChI is InChI=1S/C25H29F2N3O4/c1-16-8-6-7-11-19(16)23(24(32)29-17-9-4-3-5-10-17)30(22(31)15-28-25(33)34-2)18-12-13-20(26)21(27)14-18/h6-8,11-14,17,23H,3-5,9-10,15H2,1-2H3,(H,28,33)(H,29,32). The normalized spacial score (nSPS) is 14.7. The van der Waals surface area contributed by atoms with Gasteiger partial charge in [0.05, 0.1) is 7.11 Å². The molecule has 2 aromatic carbocycles. The summed E-state index contributed by atoms with van der Waals surface area (Å²) in [5.41, 5.74) is 1.27. The van der Waals surface area contributed by atoms with E-state index in [1.54, 1.807) is 31.2 Å². The van der Waals surface area contributed by atoms with E-state index in [-0.39, 0.29) is 11.7 Å². The molecule has 3 rings (SSSR count). The highest BCUT2D eigenvalue weighted by Gasteiger charge is 2.35. The van der Waals surface area contributed by atoms with Crippen LogP contribution in [-0.2, 0) is 14.3 Å². The number of anilines is 1. The van der Waals surface area contributed by atoms with Gasteiger partial charge in [0, 0.05) is 17.8 Å². The number of amides is 3. The molecule has 3 amide bonds. The minimum absolute atomic E-state index is 0.0115. The summed E-state index contributed by atoms with van der Waals surface area (Å²) in [6, 6.07) is 8.85. The number of carbonyl (C=O) groups excluding carboxylic acids is 3. The molecular weight excluding hydrogens is 444 g/mol. The predicted octanol–water partition coefficient (Wildman–Crippen LogP) is 4.15. The maximum atomic E-state index is 14.2. The Balaban J connectivity index is 2.06. The zero-order valence-corrected chi connectivity index (χ0v) is 19.3. The average molecular weight is 474 g/mol. The number of hydrogen-bond donors (Lipinski definition) is 2. The van der Waals surface area contributed by atoms with Crippen molar-refractivity contribution in [3.8, 4) is 0 Å². The first-order chi connectivity index (χ1) is 16.3. The van der Waals surface area contributed by atoms with Crippen LogP contribution in [0.15, 0.2) is 42.5 Å². The van der Waals surface area contributed by atoms with E-state index in [2.05, 4.69) is 15.4 Å². The summed E-state index contributed by atoms with van der Waals surface area (Å²) in [6.07, 6.45) is 3.91. The van der Waals surface area contributed by atoms with E-state index in [1.807, 2.05) is 0 Å². The van der Waals surface area contributed by atoms with Gasteiger partial charge in [-0.15, -0.1) is 0 Å². The summed E-state index contributed by atoms with van der Waals surface area (Å²) >= 11 is 0. The second kappa shape index (κ2) is 11.6. The van der Waals surface area contributed by atoms with Crippen molar-refractivity contribution in [1.82, 2.24) is 10.6 Å². The van der Waals surface area contributed by atoms with E-state index >= 15 is 0 Å². The van der Waals surface area contributed by atoms with Crippen molar-refractivity contribution in [3.63, 3.8) is 0 Å². The molecule has 182 valence electrons. The molecule has 2 N–H and O–H groups in total. The number of alkyl carbamates (subject to hydrolysis) is 1. The molecular formula is C25H29F2N3O4. The van der Waals surface area contributed by atoms with E-state index in [0.717, 1.165) is 61.8 Å². The molecule has 0 radical (unpaired) electrons. The van der Waals surface area contributed by atoms with Crippen LogP contribution in [-0.4, -0.2) is 37.6 Å². The topological polar surface area (TPSA) is 87.7 Å². The van der Waals surface area contributed by atoms with Crippen molar-refractivity contribution in [2.24, 2.45) is 0 Å². The Morgan fingerprint density at radius 1 is 1.06 bits per heavy atom. The number of methoxy groups -OCH3 is 1. The summed E-state index contributed by atoms with van der Waals surface area (Å²) in [4.78, 5) is 39.7. The van der Waals surface area contributed by atoms with Crippen LogP contribution < -0.4 is 15.5 Å². The smallest absolute Gasteiger partial charge is 0.407 e. The van der Waals surface area contributed by atoms with Crippen LogP contribution in [0.1, 0.15) is 49.3 Å². The van der Waals surface area contributed by atoms with Crippen LogP contribution in [0.25, 0.3) is 0 Å². The Bertz CT molecular complexity index is 1040. The first-order valence-corrected chi connectivity index (χ1v) is 11.3. The van der Waals surface area contributed by atoms with E-state index in [9.17, 15) is 23.2 Å². The lowest BCUT2D eigenvalue weighted by Gasteiger charge is -2.34. The van der Waals surface area contributed by atoms with Gasteiger partial charge in [0.25, 0.3) is 0 Å². The van der Waals surface area contributed by atoms with Crippen LogP contribution in [0.2, 0.25) is 0 Å². The third-order valence-electron chi connectivity index (χ3n) is 5.96. The molecule has 0 heterocycles. The lowest BCUT2D eigenvalue weighted by molar-refractivity contribution is -0.127. The van der Waals surface area contributed by atoms with Gasteiger partial charge >= 0.3 is 6.09 Å². The summed E-state index contributed by atoms with van der Waals surface area (Å²) < 4.78 is 32.4. The van der Waals surface area contributed by atoms with Gasteiger partial charge in [-0.2, -0.15) is 0 Å². The lowest BCUT2D eigenvalue weighted by Crippen LogP contribution is -2.50. The second-order valence-electron chi connectivity index (χ2n) is 8.31. The molecule has 2 aromatic rings. The van der Waals surface area contributed by atoms with E-state index < -0.39 is 42.1 Å². The minimum atomic E-state index is -1.17.